The average molecular weight is 319 g/mol. The van der Waals surface area contributed by atoms with Crippen molar-refractivity contribution in [1.82, 2.24) is 4.72 Å². The highest BCUT2D eigenvalue weighted by molar-refractivity contribution is 7.89. The number of hydrogen-bond donors (Lipinski definition) is 1. The summed E-state index contributed by atoms with van der Waals surface area (Å²) in [5.74, 6) is 0.796. The molecule has 0 aliphatic heterocycles. The van der Waals surface area contributed by atoms with Gasteiger partial charge in [-0.3, -0.25) is 0 Å². The maximum absolute atomic E-state index is 12.4. The summed E-state index contributed by atoms with van der Waals surface area (Å²) in [6, 6.07) is 13.9. The van der Waals surface area contributed by atoms with Crippen molar-refractivity contribution < 1.29 is 13.2 Å². The van der Waals surface area contributed by atoms with E-state index in [9.17, 15) is 8.42 Å². The summed E-state index contributed by atoms with van der Waals surface area (Å²) in [6.45, 7) is 3.90. The summed E-state index contributed by atoms with van der Waals surface area (Å²) >= 11 is 0. The van der Waals surface area contributed by atoms with Crippen molar-refractivity contribution in [2.75, 3.05) is 7.11 Å². The van der Waals surface area contributed by atoms with E-state index in [0.717, 1.165) is 16.9 Å². The molecule has 0 aliphatic carbocycles. The molecular weight excluding hydrogens is 298 g/mol. The molecule has 0 saturated heterocycles. The van der Waals surface area contributed by atoms with E-state index in [-0.39, 0.29) is 10.9 Å². The second kappa shape index (κ2) is 6.94. The third-order valence-electron chi connectivity index (χ3n) is 3.58. The monoisotopic (exact) mass is 319 g/mol. The Bertz CT molecular complexity index is 727. The third kappa shape index (κ3) is 3.67. The lowest BCUT2D eigenvalue weighted by atomic mass is 10.0. The molecule has 118 valence electrons. The van der Waals surface area contributed by atoms with Crippen molar-refractivity contribution in [3.63, 3.8) is 0 Å². The van der Waals surface area contributed by atoms with Crippen LogP contribution in [0.5, 0.6) is 5.75 Å². The van der Waals surface area contributed by atoms with Gasteiger partial charge in [0, 0.05) is 6.04 Å². The summed E-state index contributed by atoms with van der Waals surface area (Å²) in [6.07, 6.45) is 0.665. The van der Waals surface area contributed by atoms with Crippen molar-refractivity contribution in [3.8, 4) is 5.75 Å². The minimum absolute atomic E-state index is 0.269. The van der Waals surface area contributed by atoms with Crippen LogP contribution in [0.25, 0.3) is 0 Å². The SMILES string of the molecule is CC[C@@H](NS(=O)(=O)c1ccccc1)c1ccc(OC)c(C)c1. The number of hydrogen-bond acceptors (Lipinski definition) is 3. The van der Waals surface area contributed by atoms with Gasteiger partial charge in [-0.2, -0.15) is 0 Å². The number of benzene rings is 2. The molecule has 1 N–H and O–H groups in total. The van der Waals surface area contributed by atoms with Gasteiger partial charge in [0.1, 0.15) is 5.75 Å². The summed E-state index contributed by atoms with van der Waals surface area (Å²) < 4.78 is 32.9. The highest BCUT2D eigenvalue weighted by Gasteiger charge is 2.20. The van der Waals surface area contributed by atoms with Crippen LogP contribution in [0.1, 0.15) is 30.5 Å². The fraction of sp³-hybridized carbons (Fsp3) is 0.294. The molecular formula is C17H21NO3S. The summed E-state index contributed by atoms with van der Waals surface area (Å²) in [7, 11) is -1.91. The van der Waals surface area contributed by atoms with Gasteiger partial charge in [0.15, 0.2) is 0 Å². The molecule has 1 atom stereocenters. The van der Waals surface area contributed by atoms with Crippen LogP contribution in [-0.2, 0) is 10.0 Å². The zero-order valence-electron chi connectivity index (χ0n) is 13.0. The van der Waals surface area contributed by atoms with Gasteiger partial charge in [-0.1, -0.05) is 37.3 Å². The Hall–Kier alpha value is -1.85. The van der Waals surface area contributed by atoms with Crippen LogP contribution in [0.2, 0.25) is 0 Å². The number of rotatable bonds is 6. The molecule has 0 radical (unpaired) electrons. The summed E-state index contributed by atoms with van der Waals surface area (Å²) in [5, 5.41) is 0. The van der Waals surface area contributed by atoms with E-state index in [1.165, 1.54) is 0 Å². The largest absolute Gasteiger partial charge is 0.496 e. The molecule has 0 spiro atoms. The number of nitrogens with one attached hydrogen (secondary N) is 1. The van der Waals surface area contributed by atoms with E-state index < -0.39 is 10.0 Å². The predicted octanol–water partition coefficient (Wildman–Crippen LogP) is 3.43. The lowest BCUT2D eigenvalue weighted by Crippen LogP contribution is -2.28. The van der Waals surface area contributed by atoms with Gasteiger partial charge in [-0.25, -0.2) is 13.1 Å². The van der Waals surface area contributed by atoms with E-state index in [4.69, 9.17) is 4.74 Å². The normalized spacial score (nSPS) is 12.9. The molecule has 0 bridgehead atoms. The molecule has 2 aromatic carbocycles. The van der Waals surface area contributed by atoms with Crippen LogP contribution in [0.3, 0.4) is 0 Å². The topological polar surface area (TPSA) is 55.4 Å². The van der Waals surface area contributed by atoms with Gasteiger partial charge < -0.3 is 4.74 Å². The highest BCUT2D eigenvalue weighted by atomic mass is 32.2. The fourth-order valence-corrected chi connectivity index (χ4v) is 3.69. The van der Waals surface area contributed by atoms with Gasteiger partial charge >= 0.3 is 0 Å². The minimum atomic E-state index is -3.53. The molecule has 2 rings (SSSR count). The summed E-state index contributed by atoms with van der Waals surface area (Å²) in [5.41, 5.74) is 1.91. The fourth-order valence-electron chi connectivity index (χ4n) is 2.36. The molecule has 0 amide bonds. The first-order valence-corrected chi connectivity index (χ1v) is 8.68. The van der Waals surface area contributed by atoms with E-state index >= 15 is 0 Å². The molecule has 0 fully saturated rings. The smallest absolute Gasteiger partial charge is 0.241 e. The van der Waals surface area contributed by atoms with Gasteiger partial charge in [0.25, 0.3) is 0 Å². The van der Waals surface area contributed by atoms with Gasteiger partial charge in [-0.05, 0) is 42.7 Å². The van der Waals surface area contributed by atoms with E-state index in [2.05, 4.69) is 4.72 Å². The Morgan fingerprint density at radius 3 is 2.36 bits per heavy atom. The van der Waals surface area contributed by atoms with Crippen LogP contribution < -0.4 is 9.46 Å². The molecule has 0 saturated carbocycles. The second-order valence-corrected chi connectivity index (χ2v) is 6.84. The molecule has 0 aliphatic rings. The lowest BCUT2D eigenvalue weighted by molar-refractivity contribution is 0.411. The maximum Gasteiger partial charge on any atom is 0.241 e. The van der Waals surface area contributed by atoms with Crippen molar-refractivity contribution in [1.29, 1.82) is 0 Å². The Kier molecular flexibility index (Phi) is 5.21. The lowest BCUT2D eigenvalue weighted by Gasteiger charge is -2.19. The van der Waals surface area contributed by atoms with E-state index in [1.54, 1.807) is 37.4 Å². The predicted molar refractivity (Wildman–Crippen MR) is 87.5 cm³/mol. The molecule has 0 heterocycles. The minimum Gasteiger partial charge on any atom is -0.496 e. The van der Waals surface area contributed by atoms with Gasteiger partial charge in [-0.15, -0.1) is 0 Å². The third-order valence-corrected chi connectivity index (χ3v) is 5.07. The number of methoxy groups -OCH3 is 1. The van der Waals surface area contributed by atoms with Crippen LogP contribution in [-0.4, -0.2) is 15.5 Å². The molecule has 22 heavy (non-hydrogen) atoms. The van der Waals surface area contributed by atoms with E-state index in [0.29, 0.717) is 6.42 Å². The Labute approximate surface area is 132 Å². The van der Waals surface area contributed by atoms with Crippen molar-refractivity contribution in [2.45, 2.75) is 31.2 Å². The summed E-state index contributed by atoms with van der Waals surface area (Å²) in [4.78, 5) is 0.277. The highest BCUT2D eigenvalue weighted by Crippen LogP contribution is 2.25. The molecule has 0 unspecified atom stereocenters. The van der Waals surface area contributed by atoms with E-state index in [1.807, 2.05) is 32.0 Å². The first-order chi connectivity index (χ1) is 10.5. The average Bonchev–Trinajstić information content (AvgIpc) is 2.53. The number of ether oxygens (including phenoxy) is 1. The zero-order valence-corrected chi connectivity index (χ0v) is 13.9. The molecule has 5 heteroatoms. The van der Waals surface area contributed by atoms with Crippen molar-refractivity contribution in [3.05, 3.63) is 59.7 Å². The zero-order chi connectivity index (χ0) is 16.2. The number of aryl methyl sites for hydroxylation is 1. The standard InChI is InChI=1S/C17H21NO3S/c1-4-16(14-10-11-17(21-3)13(2)12-14)18-22(19,20)15-8-6-5-7-9-15/h5-12,16,18H,4H2,1-3H3/t16-/m1/s1. The quantitative estimate of drug-likeness (QED) is 0.887. The van der Waals surface area contributed by atoms with Gasteiger partial charge in [0.05, 0.1) is 12.0 Å². The molecule has 0 aromatic heterocycles. The van der Waals surface area contributed by atoms with Gasteiger partial charge in [0.2, 0.25) is 10.0 Å². The second-order valence-electron chi connectivity index (χ2n) is 5.12. The Morgan fingerprint density at radius 2 is 1.82 bits per heavy atom. The van der Waals surface area contributed by atoms with Crippen molar-refractivity contribution in [2.24, 2.45) is 0 Å². The molecule has 2 aromatic rings. The van der Waals surface area contributed by atoms with Crippen molar-refractivity contribution >= 4 is 10.0 Å². The Balaban J connectivity index is 2.28. The van der Waals surface area contributed by atoms with Crippen LogP contribution in [0.4, 0.5) is 0 Å². The van der Waals surface area contributed by atoms with Crippen LogP contribution in [0, 0.1) is 6.92 Å². The Morgan fingerprint density at radius 1 is 1.14 bits per heavy atom. The van der Waals surface area contributed by atoms with Crippen LogP contribution in [0.15, 0.2) is 53.4 Å². The first kappa shape index (κ1) is 16.5. The first-order valence-electron chi connectivity index (χ1n) is 7.20. The number of sulfonamides is 1. The maximum atomic E-state index is 12.4. The van der Waals surface area contributed by atoms with Crippen LogP contribution >= 0.6 is 0 Å². The molecule has 4 nitrogen and oxygen atoms in total.